The van der Waals surface area contributed by atoms with Gasteiger partial charge in [0.25, 0.3) is 0 Å². The number of carboxylic acids is 1. The zero-order valence-electron chi connectivity index (χ0n) is 23.0. The predicted octanol–water partition coefficient (Wildman–Crippen LogP) is 4.87. The minimum absolute atomic E-state index is 0.00701. The summed E-state index contributed by atoms with van der Waals surface area (Å²) in [6.07, 6.45) is 3.92. The lowest BCUT2D eigenvalue weighted by molar-refractivity contribution is -0.143. The van der Waals surface area contributed by atoms with E-state index in [1.807, 2.05) is 20.8 Å². The van der Waals surface area contributed by atoms with Gasteiger partial charge in [-0.25, -0.2) is 4.79 Å². The molecule has 0 spiro atoms. The van der Waals surface area contributed by atoms with Crippen LogP contribution >= 0.6 is 0 Å². The number of carbonyl (C=O) groups excluding carboxylic acids is 2. The van der Waals surface area contributed by atoms with Crippen LogP contribution in [0.1, 0.15) is 93.4 Å². The maximum absolute atomic E-state index is 14.0. The van der Waals surface area contributed by atoms with Gasteiger partial charge in [-0.05, 0) is 68.3 Å². The number of fused-ring (bicyclic) bond motifs is 4. The molecule has 0 aliphatic heterocycles. The molecule has 8 atom stereocenters. The molecule has 6 heteroatoms. The molecule has 0 unspecified atom stereocenters. The van der Waals surface area contributed by atoms with E-state index in [1.165, 1.54) is 13.0 Å². The van der Waals surface area contributed by atoms with Crippen LogP contribution in [0.25, 0.3) is 0 Å². The first-order valence-corrected chi connectivity index (χ1v) is 13.6. The zero-order valence-corrected chi connectivity index (χ0v) is 23.0. The Labute approximate surface area is 215 Å². The van der Waals surface area contributed by atoms with E-state index in [1.54, 1.807) is 0 Å². The largest absolute Gasteiger partial charge is 0.478 e. The molecule has 0 heterocycles. The first kappa shape index (κ1) is 27.3. The molecule has 3 N–H and O–H groups in total. The fourth-order valence-corrected chi connectivity index (χ4v) is 9.22. The number of rotatable bonds is 5. The Morgan fingerprint density at radius 3 is 2.39 bits per heavy atom. The number of aliphatic carboxylic acids is 1. The summed E-state index contributed by atoms with van der Waals surface area (Å²) < 4.78 is 0. The maximum Gasteiger partial charge on any atom is 0.331 e. The van der Waals surface area contributed by atoms with Crippen LogP contribution in [0.4, 0.5) is 0 Å². The Morgan fingerprint density at radius 2 is 1.78 bits per heavy atom. The molecule has 36 heavy (non-hydrogen) atoms. The van der Waals surface area contributed by atoms with Crippen LogP contribution in [0, 0.1) is 39.4 Å². The summed E-state index contributed by atoms with van der Waals surface area (Å²) in [6, 6.07) is 0. The number of aliphatic hydroxyl groups excluding tert-OH is 2. The summed E-state index contributed by atoms with van der Waals surface area (Å²) in [5.41, 5.74) is 0.282. The van der Waals surface area contributed by atoms with E-state index < -0.39 is 34.4 Å². The Balaban J connectivity index is 1.72. The Bertz CT molecular complexity index is 1050. The number of hydrogen-bond acceptors (Lipinski definition) is 5. The maximum atomic E-state index is 14.0. The van der Waals surface area contributed by atoms with Crippen LogP contribution in [0.2, 0.25) is 0 Å². The van der Waals surface area contributed by atoms with Crippen molar-refractivity contribution in [1.82, 2.24) is 0 Å². The van der Waals surface area contributed by atoms with Crippen molar-refractivity contribution >= 4 is 17.5 Å². The van der Waals surface area contributed by atoms with Gasteiger partial charge in [-0.3, -0.25) is 9.59 Å². The van der Waals surface area contributed by atoms with Crippen molar-refractivity contribution in [2.45, 2.75) is 106 Å². The van der Waals surface area contributed by atoms with Gasteiger partial charge in [0.15, 0.2) is 5.78 Å². The third-order valence-corrected chi connectivity index (χ3v) is 11.4. The monoisotopic (exact) mass is 500 g/mol. The van der Waals surface area contributed by atoms with Gasteiger partial charge in [0, 0.05) is 40.2 Å². The van der Waals surface area contributed by atoms with Gasteiger partial charge >= 0.3 is 5.97 Å². The van der Waals surface area contributed by atoms with Crippen LogP contribution in [-0.4, -0.2) is 45.1 Å². The molecule has 0 aromatic rings. The SMILES string of the molecule is CC(=C[C@@H](O)C[C@@H](C)[C@H]1C[C@H](O)[C@@]2(C)C3=C(C(=O)C[C@]12C)[C@@]1(C)CCC(=O)C(C)(C)[C@@H]1CC3)C(=O)O. The summed E-state index contributed by atoms with van der Waals surface area (Å²) >= 11 is 0. The Hall–Kier alpha value is -1.79. The van der Waals surface area contributed by atoms with Crippen molar-refractivity contribution < 1.29 is 29.7 Å². The number of ketones is 2. The predicted molar refractivity (Wildman–Crippen MR) is 137 cm³/mol. The average Bonchev–Trinajstić information content (AvgIpc) is 2.97. The normalized spacial score (nSPS) is 41.9. The standard InChI is InChI=1S/C30H44O6/c1-16(12-18(31)13-17(2)26(35)36)20-14-24(34)30(7)19-8-9-22-27(3,4)23(33)10-11-28(22,5)25(19)21(32)15-29(20,30)6/h13,16,18,20,22,24,31,34H,8-12,14-15H2,1-7H3,(H,35,36)/t16-,18+,20-,22+,24+,28+,29-,30-/m1/s1. The molecule has 4 aliphatic rings. The van der Waals surface area contributed by atoms with Crippen molar-refractivity contribution in [2.75, 3.05) is 0 Å². The second-order valence-electron chi connectivity index (χ2n) is 13.5. The van der Waals surface area contributed by atoms with Gasteiger partial charge in [0.2, 0.25) is 0 Å². The molecule has 4 rings (SSSR count). The highest BCUT2D eigenvalue weighted by atomic mass is 16.4. The highest BCUT2D eigenvalue weighted by Gasteiger charge is 2.68. The van der Waals surface area contributed by atoms with Crippen LogP contribution in [0.3, 0.4) is 0 Å². The van der Waals surface area contributed by atoms with Gasteiger partial charge < -0.3 is 15.3 Å². The number of carbonyl (C=O) groups is 3. The van der Waals surface area contributed by atoms with Gasteiger partial charge in [-0.2, -0.15) is 0 Å². The summed E-state index contributed by atoms with van der Waals surface area (Å²) in [5.74, 6) is -0.475. The van der Waals surface area contributed by atoms with Gasteiger partial charge in [-0.15, -0.1) is 0 Å². The Morgan fingerprint density at radius 1 is 1.14 bits per heavy atom. The second kappa shape index (κ2) is 8.62. The quantitative estimate of drug-likeness (QED) is 0.464. The van der Waals surface area contributed by atoms with E-state index in [0.29, 0.717) is 32.1 Å². The topological polar surface area (TPSA) is 112 Å². The first-order valence-electron chi connectivity index (χ1n) is 13.6. The van der Waals surface area contributed by atoms with E-state index in [-0.39, 0.29) is 40.3 Å². The summed E-state index contributed by atoms with van der Waals surface area (Å²) in [4.78, 5) is 38.0. The number of Topliss-reactive ketones (excluding diaryl/α,β-unsaturated/α-hetero) is 2. The van der Waals surface area contributed by atoms with Gasteiger partial charge in [0.05, 0.1) is 12.2 Å². The molecule has 0 radical (unpaired) electrons. The lowest BCUT2D eigenvalue weighted by Gasteiger charge is -2.60. The highest BCUT2D eigenvalue weighted by Crippen LogP contribution is 2.71. The first-order chi connectivity index (χ1) is 16.5. The molecule has 0 bridgehead atoms. The van der Waals surface area contributed by atoms with Crippen molar-refractivity contribution in [3.63, 3.8) is 0 Å². The van der Waals surface area contributed by atoms with Crippen molar-refractivity contribution in [2.24, 2.45) is 39.4 Å². The van der Waals surface area contributed by atoms with Crippen molar-refractivity contribution in [1.29, 1.82) is 0 Å². The smallest absolute Gasteiger partial charge is 0.331 e. The summed E-state index contributed by atoms with van der Waals surface area (Å²) in [7, 11) is 0. The molecule has 2 fully saturated rings. The van der Waals surface area contributed by atoms with Crippen LogP contribution in [0.5, 0.6) is 0 Å². The fraction of sp³-hybridized carbons (Fsp3) is 0.767. The highest BCUT2D eigenvalue weighted by molar-refractivity contribution is 6.00. The third-order valence-electron chi connectivity index (χ3n) is 11.4. The molecule has 0 aromatic heterocycles. The molecule has 6 nitrogen and oxygen atoms in total. The molecule has 0 amide bonds. The van der Waals surface area contributed by atoms with E-state index in [2.05, 4.69) is 20.8 Å². The van der Waals surface area contributed by atoms with Crippen LogP contribution < -0.4 is 0 Å². The average molecular weight is 501 g/mol. The molecule has 200 valence electrons. The minimum atomic E-state index is -1.05. The van der Waals surface area contributed by atoms with E-state index in [4.69, 9.17) is 5.11 Å². The lowest BCUT2D eigenvalue weighted by atomic mass is 9.43. The van der Waals surface area contributed by atoms with Gasteiger partial charge in [-0.1, -0.05) is 47.1 Å². The fourth-order valence-electron chi connectivity index (χ4n) is 9.22. The van der Waals surface area contributed by atoms with E-state index in [0.717, 1.165) is 24.0 Å². The molecular formula is C30H44O6. The van der Waals surface area contributed by atoms with E-state index in [9.17, 15) is 24.6 Å². The number of allylic oxidation sites excluding steroid dienone is 1. The third kappa shape index (κ3) is 3.61. The second-order valence-corrected chi connectivity index (χ2v) is 13.5. The molecule has 0 saturated heterocycles. The molecule has 2 saturated carbocycles. The molecule has 0 aromatic carbocycles. The lowest BCUT2D eigenvalue weighted by Crippen LogP contribution is -2.57. The number of aliphatic hydroxyl groups is 2. The van der Waals surface area contributed by atoms with Crippen LogP contribution in [-0.2, 0) is 14.4 Å². The van der Waals surface area contributed by atoms with Gasteiger partial charge in [0.1, 0.15) is 5.78 Å². The minimum Gasteiger partial charge on any atom is -0.478 e. The Kier molecular flexibility index (Phi) is 6.53. The zero-order chi connectivity index (χ0) is 27.0. The van der Waals surface area contributed by atoms with Crippen LogP contribution in [0.15, 0.2) is 22.8 Å². The van der Waals surface area contributed by atoms with Crippen molar-refractivity contribution in [3.05, 3.63) is 22.8 Å². The van der Waals surface area contributed by atoms with Crippen molar-refractivity contribution in [3.8, 4) is 0 Å². The summed E-state index contributed by atoms with van der Waals surface area (Å²) in [5, 5.41) is 31.4. The summed E-state index contributed by atoms with van der Waals surface area (Å²) in [6.45, 7) is 14.0. The number of hydrogen-bond donors (Lipinski definition) is 3. The van der Waals surface area contributed by atoms with E-state index >= 15 is 0 Å². The molecular weight excluding hydrogens is 456 g/mol. The molecule has 4 aliphatic carbocycles. The number of carboxylic acid groups (broad SMARTS) is 1.